The van der Waals surface area contributed by atoms with Gasteiger partial charge in [-0.3, -0.25) is 9.59 Å². The Morgan fingerprint density at radius 3 is 2.83 bits per heavy atom. The Kier molecular flexibility index (Phi) is 6.12. The van der Waals surface area contributed by atoms with Crippen molar-refractivity contribution < 1.29 is 14.7 Å². The van der Waals surface area contributed by atoms with Gasteiger partial charge in [-0.1, -0.05) is 6.92 Å². The molecule has 104 valence electrons. The molecule has 5 heteroatoms. The number of hydrogen-bond donors (Lipinski definition) is 2. The van der Waals surface area contributed by atoms with Crippen LogP contribution in [-0.2, 0) is 9.59 Å². The van der Waals surface area contributed by atoms with Gasteiger partial charge in [0.2, 0.25) is 5.91 Å². The molecule has 1 saturated heterocycles. The van der Waals surface area contributed by atoms with Gasteiger partial charge in [0.05, 0.1) is 0 Å². The fourth-order valence-electron chi connectivity index (χ4n) is 2.53. The van der Waals surface area contributed by atoms with Gasteiger partial charge in [-0.2, -0.15) is 0 Å². The molecule has 5 nitrogen and oxygen atoms in total. The van der Waals surface area contributed by atoms with Crippen LogP contribution < -0.4 is 5.32 Å². The van der Waals surface area contributed by atoms with Gasteiger partial charge in [0, 0.05) is 32.0 Å². The topological polar surface area (TPSA) is 69.6 Å². The molecule has 0 aromatic rings. The first kappa shape index (κ1) is 15.0. The van der Waals surface area contributed by atoms with E-state index in [1.165, 1.54) is 0 Å². The normalized spacial score (nSPS) is 21.7. The molecule has 18 heavy (non-hydrogen) atoms. The van der Waals surface area contributed by atoms with Crippen LogP contribution in [0.1, 0.15) is 32.6 Å². The van der Waals surface area contributed by atoms with Gasteiger partial charge in [-0.15, -0.1) is 0 Å². The van der Waals surface area contributed by atoms with Crippen LogP contribution in [-0.4, -0.2) is 48.6 Å². The van der Waals surface area contributed by atoms with Gasteiger partial charge < -0.3 is 15.3 Å². The van der Waals surface area contributed by atoms with Crippen molar-refractivity contribution in [2.24, 2.45) is 11.8 Å². The minimum absolute atomic E-state index is 0.00627. The number of amides is 1. The summed E-state index contributed by atoms with van der Waals surface area (Å²) in [6, 6.07) is 0. The van der Waals surface area contributed by atoms with E-state index in [9.17, 15) is 9.59 Å². The van der Waals surface area contributed by atoms with E-state index in [0.29, 0.717) is 18.9 Å². The largest absolute Gasteiger partial charge is 0.481 e. The summed E-state index contributed by atoms with van der Waals surface area (Å²) in [6.07, 6.45) is 2.91. The molecule has 0 aromatic heterocycles. The van der Waals surface area contributed by atoms with Gasteiger partial charge in [0.1, 0.15) is 0 Å². The molecule has 0 saturated carbocycles. The van der Waals surface area contributed by atoms with Gasteiger partial charge in [-0.25, -0.2) is 0 Å². The van der Waals surface area contributed by atoms with Crippen LogP contribution in [0, 0.1) is 11.8 Å². The maximum atomic E-state index is 12.1. The highest BCUT2D eigenvalue weighted by Crippen LogP contribution is 2.22. The number of carboxylic acid groups (broad SMARTS) is 1. The molecule has 2 unspecified atom stereocenters. The fourth-order valence-corrected chi connectivity index (χ4v) is 2.53. The number of nitrogens with one attached hydrogen (secondary N) is 1. The number of piperidine rings is 1. The van der Waals surface area contributed by atoms with E-state index in [4.69, 9.17) is 5.11 Å². The molecule has 0 spiro atoms. The molecule has 0 aromatic carbocycles. The lowest BCUT2D eigenvalue weighted by atomic mass is 9.92. The standard InChI is InChI=1S/C13H24N2O3/c1-10(8-14-2)13(18)15-7-3-4-11(9-15)5-6-12(16)17/h10-11,14H,3-9H2,1-2H3,(H,16,17). The van der Waals surface area contributed by atoms with Crippen molar-refractivity contribution in [3.05, 3.63) is 0 Å². The van der Waals surface area contributed by atoms with E-state index < -0.39 is 5.97 Å². The number of hydrogen-bond acceptors (Lipinski definition) is 3. The van der Waals surface area contributed by atoms with Crippen LogP contribution in [0.15, 0.2) is 0 Å². The Morgan fingerprint density at radius 1 is 1.50 bits per heavy atom. The van der Waals surface area contributed by atoms with Crippen molar-refractivity contribution in [1.29, 1.82) is 0 Å². The first-order chi connectivity index (χ1) is 8.54. The number of carbonyl (C=O) groups is 2. The van der Waals surface area contributed by atoms with Gasteiger partial charge >= 0.3 is 5.97 Å². The van der Waals surface area contributed by atoms with Crippen molar-refractivity contribution in [2.75, 3.05) is 26.7 Å². The van der Waals surface area contributed by atoms with Crippen LogP contribution in [0.4, 0.5) is 0 Å². The zero-order valence-electron chi connectivity index (χ0n) is 11.3. The number of carboxylic acids is 1. The molecule has 1 aliphatic rings. The SMILES string of the molecule is CNCC(C)C(=O)N1CCCC(CCC(=O)O)C1. The third-order valence-corrected chi connectivity index (χ3v) is 3.53. The summed E-state index contributed by atoms with van der Waals surface area (Å²) in [7, 11) is 1.84. The molecular weight excluding hydrogens is 232 g/mol. The molecule has 1 heterocycles. The lowest BCUT2D eigenvalue weighted by Crippen LogP contribution is -2.44. The maximum Gasteiger partial charge on any atom is 0.303 e. The van der Waals surface area contributed by atoms with Crippen LogP contribution in [0.5, 0.6) is 0 Å². The van der Waals surface area contributed by atoms with E-state index in [1.54, 1.807) is 0 Å². The smallest absolute Gasteiger partial charge is 0.303 e. The highest BCUT2D eigenvalue weighted by Gasteiger charge is 2.26. The van der Waals surface area contributed by atoms with E-state index in [0.717, 1.165) is 25.9 Å². The van der Waals surface area contributed by atoms with E-state index in [2.05, 4.69) is 5.32 Å². The number of carbonyl (C=O) groups excluding carboxylic acids is 1. The minimum Gasteiger partial charge on any atom is -0.481 e. The van der Waals surface area contributed by atoms with E-state index >= 15 is 0 Å². The number of aliphatic carboxylic acids is 1. The summed E-state index contributed by atoms with van der Waals surface area (Å²) in [5, 5.41) is 11.7. The summed E-state index contributed by atoms with van der Waals surface area (Å²) in [5.41, 5.74) is 0. The number of likely N-dealkylation sites (tertiary alicyclic amines) is 1. The molecule has 0 aliphatic carbocycles. The predicted octanol–water partition coefficient (Wildman–Crippen LogP) is 0.945. The second-order valence-electron chi connectivity index (χ2n) is 5.18. The summed E-state index contributed by atoms with van der Waals surface area (Å²) < 4.78 is 0. The summed E-state index contributed by atoms with van der Waals surface area (Å²) in [4.78, 5) is 24.6. The van der Waals surface area contributed by atoms with Crippen molar-refractivity contribution in [3.8, 4) is 0 Å². The fraction of sp³-hybridized carbons (Fsp3) is 0.846. The quantitative estimate of drug-likeness (QED) is 0.742. The Balaban J connectivity index is 2.42. The molecule has 0 radical (unpaired) electrons. The second-order valence-corrected chi connectivity index (χ2v) is 5.18. The lowest BCUT2D eigenvalue weighted by Gasteiger charge is -2.34. The first-order valence-corrected chi connectivity index (χ1v) is 6.69. The Morgan fingerprint density at radius 2 is 2.22 bits per heavy atom. The number of rotatable bonds is 6. The summed E-state index contributed by atoms with van der Waals surface area (Å²) >= 11 is 0. The van der Waals surface area contributed by atoms with Gasteiger partial charge in [0.25, 0.3) is 0 Å². The molecule has 1 amide bonds. The Labute approximate surface area is 109 Å². The van der Waals surface area contributed by atoms with Crippen molar-refractivity contribution in [1.82, 2.24) is 10.2 Å². The molecular formula is C13H24N2O3. The average molecular weight is 256 g/mol. The third-order valence-electron chi connectivity index (χ3n) is 3.53. The van der Waals surface area contributed by atoms with Crippen molar-refractivity contribution in [3.63, 3.8) is 0 Å². The van der Waals surface area contributed by atoms with Gasteiger partial charge in [-0.05, 0) is 32.2 Å². The minimum atomic E-state index is -0.748. The zero-order valence-corrected chi connectivity index (χ0v) is 11.3. The Hall–Kier alpha value is -1.10. The molecule has 0 bridgehead atoms. The van der Waals surface area contributed by atoms with Crippen molar-refractivity contribution in [2.45, 2.75) is 32.6 Å². The monoisotopic (exact) mass is 256 g/mol. The van der Waals surface area contributed by atoms with E-state index in [1.807, 2.05) is 18.9 Å². The number of nitrogens with zero attached hydrogens (tertiary/aromatic N) is 1. The molecule has 1 fully saturated rings. The summed E-state index contributed by atoms with van der Waals surface area (Å²) in [5.74, 6) is -0.222. The Bertz CT molecular complexity index is 294. The van der Waals surface area contributed by atoms with Crippen LogP contribution in [0.25, 0.3) is 0 Å². The highest BCUT2D eigenvalue weighted by molar-refractivity contribution is 5.78. The highest BCUT2D eigenvalue weighted by atomic mass is 16.4. The van der Waals surface area contributed by atoms with Crippen molar-refractivity contribution >= 4 is 11.9 Å². The lowest BCUT2D eigenvalue weighted by molar-refractivity contribution is -0.137. The molecule has 1 aliphatic heterocycles. The molecule has 1 rings (SSSR count). The average Bonchev–Trinajstić information content (AvgIpc) is 2.36. The first-order valence-electron chi connectivity index (χ1n) is 6.69. The predicted molar refractivity (Wildman–Crippen MR) is 69.3 cm³/mol. The second kappa shape index (κ2) is 7.36. The third kappa shape index (κ3) is 4.64. The van der Waals surface area contributed by atoms with E-state index in [-0.39, 0.29) is 18.2 Å². The zero-order chi connectivity index (χ0) is 13.5. The molecule has 2 atom stereocenters. The maximum absolute atomic E-state index is 12.1. The summed E-state index contributed by atoms with van der Waals surface area (Å²) in [6.45, 7) is 4.16. The van der Waals surface area contributed by atoms with Crippen LogP contribution >= 0.6 is 0 Å². The van der Waals surface area contributed by atoms with Gasteiger partial charge in [0.15, 0.2) is 0 Å². The van der Waals surface area contributed by atoms with Crippen LogP contribution in [0.2, 0.25) is 0 Å². The van der Waals surface area contributed by atoms with Crippen LogP contribution in [0.3, 0.4) is 0 Å². The molecule has 2 N–H and O–H groups in total.